The van der Waals surface area contributed by atoms with Crippen LogP contribution >= 0.6 is 0 Å². The van der Waals surface area contributed by atoms with E-state index in [-0.39, 0.29) is 5.69 Å². The maximum atomic E-state index is 13.3. The van der Waals surface area contributed by atoms with Crippen molar-refractivity contribution < 1.29 is 13.2 Å². The van der Waals surface area contributed by atoms with E-state index in [0.29, 0.717) is 13.1 Å². The van der Waals surface area contributed by atoms with Crippen LogP contribution in [-0.2, 0) is 0 Å². The van der Waals surface area contributed by atoms with Crippen LogP contribution in [0.5, 0.6) is 0 Å². The first-order valence-electron chi connectivity index (χ1n) is 4.58. The van der Waals surface area contributed by atoms with Gasteiger partial charge in [-0.3, -0.25) is 0 Å². The van der Waals surface area contributed by atoms with Gasteiger partial charge in [0.25, 0.3) is 0 Å². The Hall–Kier alpha value is -1.19. The molecule has 1 saturated heterocycles. The summed E-state index contributed by atoms with van der Waals surface area (Å²) in [5.41, 5.74) is 0.168. The van der Waals surface area contributed by atoms with Gasteiger partial charge in [-0.2, -0.15) is 0 Å². The monoisotopic (exact) mass is 201 g/mol. The summed E-state index contributed by atoms with van der Waals surface area (Å²) in [6.45, 7) is 1.42. The minimum absolute atomic E-state index is 0.168. The maximum Gasteiger partial charge on any atom is 0.196 e. The fraction of sp³-hybridized carbons (Fsp3) is 0.400. The van der Waals surface area contributed by atoms with Gasteiger partial charge < -0.3 is 4.90 Å². The normalized spacial score (nSPS) is 16.4. The average Bonchev–Trinajstić information content (AvgIpc) is 2.67. The predicted molar refractivity (Wildman–Crippen MR) is 47.8 cm³/mol. The molecule has 0 bridgehead atoms. The molecule has 0 N–H and O–H groups in total. The topological polar surface area (TPSA) is 3.24 Å². The average molecular weight is 201 g/mol. The van der Waals surface area contributed by atoms with Crippen molar-refractivity contribution in [2.75, 3.05) is 18.0 Å². The SMILES string of the molecule is Fc1ccc(N2CCCC2)c(F)c1F. The minimum atomic E-state index is -1.38. The standard InChI is InChI=1S/C10H10F3N/c11-7-3-4-8(10(13)9(7)12)14-5-1-2-6-14/h3-4H,1-2,5-6H2. The van der Waals surface area contributed by atoms with Crippen molar-refractivity contribution in [2.24, 2.45) is 0 Å². The molecule has 4 heteroatoms. The highest BCUT2D eigenvalue weighted by atomic mass is 19.2. The summed E-state index contributed by atoms with van der Waals surface area (Å²) in [4.78, 5) is 1.73. The van der Waals surface area contributed by atoms with Gasteiger partial charge in [-0.15, -0.1) is 0 Å². The summed E-state index contributed by atoms with van der Waals surface area (Å²) in [7, 11) is 0. The Morgan fingerprint density at radius 3 is 2.21 bits per heavy atom. The minimum Gasteiger partial charge on any atom is -0.369 e. The second kappa shape index (κ2) is 3.52. The van der Waals surface area contributed by atoms with Gasteiger partial charge in [0.1, 0.15) is 0 Å². The molecule has 2 rings (SSSR count). The molecule has 0 aliphatic carbocycles. The summed E-state index contributed by atoms with van der Waals surface area (Å²) in [5.74, 6) is -3.59. The second-order valence-electron chi connectivity index (χ2n) is 3.39. The molecule has 0 spiro atoms. The summed E-state index contributed by atoms with van der Waals surface area (Å²) in [6, 6.07) is 2.26. The zero-order valence-corrected chi connectivity index (χ0v) is 7.56. The van der Waals surface area contributed by atoms with Crippen molar-refractivity contribution in [3.8, 4) is 0 Å². The summed E-state index contributed by atoms with van der Waals surface area (Å²) < 4.78 is 38.7. The zero-order chi connectivity index (χ0) is 10.1. The molecule has 76 valence electrons. The fourth-order valence-electron chi connectivity index (χ4n) is 1.72. The molecule has 0 atom stereocenters. The lowest BCUT2D eigenvalue weighted by Crippen LogP contribution is -2.19. The first-order chi connectivity index (χ1) is 6.70. The van der Waals surface area contributed by atoms with E-state index in [2.05, 4.69) is 0 Å². The van der Waals surface area contributed by atoms with Gasteiger partial charge in [-0.25, -0.2) is 13.2 Å². The molecule has 14 heavy (non-hydrogen) atoms. The van der Waals surface area contributed by atoms with Crippen LogP contribution < -0.4 is 4.90 Å². The molecular weight excluding hydrogens is 191 g/mol. The van der Waals surface area contributed by atoms with Crippen LogP contribution in [0.25, 0.3) is 0 Å². The lowest BCUT2D eigenvalue weighted by atomic mass is 10.2. The van der Waals surface area contributed by atoms with E-state index in [9.17, 15) is 13.2 Å². The van der Waals surface area contributed by atoms with E-state index in [1.807, 2.05) is 0 Å². The Morgan fingerprint density at radius 2 is 1.57 bits per heavy atom. The predicted octanol–water partition coefficient (Wildman–Crippen LogP) is 2.70. The van der Waals surface area contributed by atoms with Crippen molar-refractivity contribution in [3.63, 3.8) is 0 Å². The number of nitrogens with zero attached hydrogens (tertiary/aromatic N) is 1. The number of hydrogen-bond donors (Lipinski definition) is 0. The number of anilines is 1. The first kappa shape index (κ1) is 9.37. The van der Waals surface area contributed by atoms with Crippen LogP contribution in [-0.4, -0.2) is 13.1 Å². The molecule has 0 radical (unpaired) electrons. The molecule has 0 amide bonds. The van der Waals surface area contributed by atoms with Crippen LogP contribution in [0.2, 0.25) is 0 Å². The highest BCUT2D eigenvalue weighted by molar-refractivity contribution is 5.49. The molecule has 1 aliphatic rings. The number of rotatable bonds is 1. The smallest absolute Gasteiger partial charge is 0.196 e. The van der Waals surface area contributed by atoms with Crippen molar-refractivity contribution in [3.05, 3.63) is 29.6 Å². The van der Waals surface area contributed by atoms with E-state index in [1.165, 1.54) is 6.07 Å². The van der Waals surface area contributed by atoms with E-state index in [1.54, 1.807) is 4.90 Å². The highest BCUT2D eigenvalue weighted by Crippen LogP contribution is 2.26. The van der Waals surface area contributed by atoms with Crippen LogP contribution in [0.15, 0.2) is 12.1 Å². The van der Waals surface area contributed by atoms with Gasteiger partial charge in [0.05, 0.1) is 5.69 Å². The highest BCUT2D eigenvalue weighted by Gasteiger charge is 2.20. The number of halogens is 3. The Bertz CT molecular complexity index is 345. The Labute approximate surface area is 80.1 Å². The van der Waals surface area contributed by atoms with Gasteiger partial charge in [0.15, 0.2) is 17.5 Å². The van der Waals surface area contributed by atoms with Crippen molar-refractivity contribution in [1.82, 2.24) is 0 Å². The summed E-state index contributed by atoms with van der Waals surface area (Å²) in [6.07, 6.45) is 1.94. The Morgan fingerprint density at radius 1 is 0.929 bits per heavy atom. The summed E-state index contributed by atoms with van der Waals surface area (Å²) >= 11 is 0. The van der Waals surface area contributed by atoms with Gasteiger partial charge in [0, 0.05) is 13.1 Å². The molecule has 1 aromatic rings. The molecular formula is C10H10F3N. The van der Waals surface area contributed by atoms with Crippen molar-refractivity contribution >= 4 is 5.69 Å². The van der Waals surface area contributed by atoms with Gasteiger partial charge in [-0.05, 0) is 25.0 Å². The number of benzene rings is 1. The van der Waals surface area contributed by atoms with Gasteiger partial charge >= 0.3 is 0 Å². The quantitative estimate of drug-likeness (QED) is 0.631. The lowest BCUT2D eigenvalue weighted by Gasteiger charge is -2.18. The molecule has 0 saturated carbocycles. The number of hydrogen-bond acceptors (Lipinski definition) is 1. The van der Waals surface area contributed by atoms with Crippen molar-refractivity contribution in [2.45, 2.75) is 12.8 Å². The Balaban J connectivity index is 2.38. The van der Waals surface area contributed by atoms with Crippen LogP contribution in [0.3, 0.4) is 0 Å². The third-order valence-electron chi connectivity index (χ3n) is 2.46. The third kappa shape index (κ3) is 1.45. The van der Waals surface area contributed by atoms with Gasteiger partial charge in [0.2, 0.25) is 0 Å². The van der Waals surface area contributed by atoms with Crippen molar-refractivity contribution in [1.29, 1.82) is 0 Å². The summed E-state index contributed by atoms with van der Waals surface area (Å²) in [5, 5.41) is 0. The van der Waals surface area contributed by atoms with E-state index in [4.69, 9.17) is 0 Å². The van der Waals surface area contributed by atoms with Crippen LogP contribution in [0.1, 0.15) is 12.8 Å². The molecule has 1 heterocycles. The third-order valence-corrected chi connectivity index (χ3v) is 2.46. The molecule has 1 aromatic carbocycles. The fourth-order valence-corrected chi connectivity index (χ4v) is 1.72. The molecule has 1 fully saturated rings. The van der Waals surface area contributed by atoms with Crippen LogP contribution in [0, 0.1) is 17.5 Å². The first-order valence-corrected chi connectivity index (χ1v) is 4.58. The maximum absolute atomic E-state index is 13.3. The molecule has 0 unspecified atom stereocenters. The molecule has 1 nitrogen and oxygen atoms in total. The second-order valence-corrected chi connectivity index (χ2v) is 3.39. The molecule has 0 aromatic heterocycles. The van der Waals surface area contributed by atoms with E-state index in [0.717, 1.165) is 18.9 Å². The largest absolute Gasteiger partial charge is 0.369 e. The molecule has 1 aliphatic heterocycles. The van der Waals surface area contributed by atoms with E-state index < -0.39 is 17.5 Å². The van der Waals surface area contributed by atoms with E-state index >= 15 is 0 Å². The lowest BCUT2D eigenvalue weighted by molar-refractivity contribution is 0.447. The van der Waals surface area contributed by atoms with Gasteiger partial charge in [-0.1, -0.05) is 0 Å². The van der Waals surface area contributed by atoms with Crippen LogP contribution in [0.4, 0.5) is 18.9 Å². The zero-order valence-electron chi connectivity index (χ0n) is 7.56. The Kier molecular flexibility index (Phi) is 2.35.